The van der Waals surface area contributed by atoms with Gasteiger partial charge in [0.2, 0.25) is 0 Å². The predicted octanol–water partition coefficient (Wildman–Crippen LogP) is 2.86. The molecule has 0 aromatic heterocycles. The summed E-state index contributed by atoms with van der Waals surface area (Å²) in [6.07, 6.45) is 4.45. The Labute approximate surface area is 129 Å². The Kier molecular flexibility index (Phi) is 8.59. The van der Waals surface area contributed by atoms with Crippen molar-refractivity contribution in [2.75, 3.05) is 20.2 Å². The van der Waals surface area contributed by atoms with Crippen LogP contribution in [0.25, 0.3) is 0 Å². The van der Waals surface area contributed by atoms with Gasteiger partial charge in [0, 0.05) is 26.2 Å². The summed E-state index contributed by atoms with van der Waals surface area (Å²) in [5.41, 5.74) is -0.576. The van der Waals surface area contributed by atoms with Gasteiger partial charge >= 0.3 is 6.09 Å². The predicted molar refractivity (Wildman–Crippen MR) is 86.5 cm³/mol. The van der Waals surface area contributed by atoms with E-state index in [1.165, 1.54) is 0 Å². The lowest BCUT2D eigenvalue weighted by molar-refractivity contribution is 0.00885. The molecule has 5 nitrogen and oxygen atoms in total. The lowest BCUT2D eigenvalue weighted by Gasteiger charge is -2.26. The number of hydrogen-bond donors (Lipinski definition) is 2. The molecule has 0 fully saturated rings. The first-order valence-corrected chi connectivity index (χ1v) is 7.46. The Morgan fingerprint density at radius 2 is 1.71 bits per heavy atom. The maximum absolute atomic E-state index is 11.4. The van der Waals surface area contributed by atoms with Gasteiger partial charge < -0.3 is 20.1 Å². The summed E-state index contributed by atoms with van der Waals surface area (Å²) in [5, 5.41) is 6.07. The van der Waals surface area contributed by atoms with Crippen molar-refractivity contribution in [1.29, 1.82) is 0 Å². The zero-order valence-corrected chi connectivity index (χ0v) is 14.6. The highest BCUT2D eigenvalue weighted by atomic mass is 16.6. The molecule has 2 N–H and O–H groups in total. The van der Waals surface area contributed by atoms with Crippen molar-refractivity contribution >= 4 is 6.09 Å². The van der Waals surface area contributed by atoms with Crippen LogP contribution in [-0.4, -0.2) is 43.5 Å². The van der Waals surface area contributed by atoms with Crippen molar-refractivity contribution in [3.8, 4) is 0 Å². The largest absolute Gasteiger partial charge is 0.444 e. The molecule has 1 unspecified atom stereocenters. The maximum atomic E-state index is 11.4. The minimum Gasteiger partial charge on any atom is -0.444 e. The van der Waals surface area contributed by atoms with Crippen LogP contribution >= 0.6 is 0 Å². The highest BCUT2D eigenvalue weighted by Crippen LogP contribution is 2.15. The molecule has 21 heavy (non-hydrogen) atoms. The first kappa shape index (κ1) is 19.9. The van der Waals surface area contributed by atoms with Crippen LogP contribution in [-0.2, 0) is 9.47 Å². The van der Waals surface area contributed by atoms with Crippen LogP contribution in [0.4, 0.5) is 4.79 Å². The summed E-state index contributed by atoms with van der Waals surface area (Å²) in [4.78, 5) is 11.4. The molecule has 0 saturated heterocycles. The second-order valence-corrected chi connectivity index (χ2v) is 6.83. The van der Waals surface area contributed by atoms with E-state index < -0.39 is 11.7 Å². The van der Waals surface area contributed by atoms with Crippen molar-refractivity contribution < 1.29 is 14.3 Å². The molecule has 0 spiro atoms. The fraction of sp³-hybridized carbons (Fsp3) is 0.812. The third-order valence-corrected chi connectivity index (χ3v) is 2.86. The molecule has 1 atom stereocenters. The molecule has 0 aromatic carbocycles. The zero-order chi connectivity index (χ0) is 16.5. The van der Waals surface area contributed by atoms with E-state index in [1.807, 2.05) is 32.9 Å². The minimum absolute atomic E-state index is 0.117. The molecule has 0 heterocycles. The van der Waals surface area contributed by atoms with Crippen molar-refractivity contribution in [1.82, 2.24) is 10.6 Å². The molecule has 0 radical (unpaired) electrons. The maximum Gasteiger partial charge on any atom is 0.407 e. The second-order valence-electron chi connectivity index (χ2n) is 6.83. The topological polar surface area (TPSA) is 59.6 Å². The van der Waals surface area contributed by atoms with E-state index in [0.29, 0.717) is 12.6 Å². The number of alkyl carbamates (subject to hydrolysis) is 1. The standard InChI is InChI=1S/C16H32N2O3/c1-13(12-16(5,6)20-7)17-10-8-9-11-18-14(19)21-15(2,3)4/h8-9,13,17H,10-12H2,1-7H3,(H,18,19)/b9-8+. The third-order valence-electron chi connectivity index (χ3n) is 2.86. The molecule has 124 valence electrons. The van der Waals surface area contributed by atoms with E-state index in [4.69, 9.17) is 9.47 Å². The van der Waals surface area contributed by atoms with E-state index in [2.05, 4.69) is 31.4 Å². The molecule has 0 bridgehead atoms. The Balaban J connectivity index is 3.76. The molecule has 0 aliphatic heterocycles. The first-order chi connectivity index (χ1) is 9.56. The van der Waals surface area contributed by atoms with E-state index in [-0.39, 0.29) is 5.60 Å². The van der Waals surface area contributed by atoms with Crippen LogP contribution in [0, 0.1) is 0 Å². The summed E-state index contributed by atoms with van der Waals surface area (Å²) in [6, 6.07) is 0.364. The highest BCUT2D eigenvalue weighted by molar-refractivity contribution is 5.67. The number of hydrogen-bond acceptors (Lipinski definition) is 4. The normalized spacial score (nSPS) is 14.2. The van der Waals surface area contributed by atoms with Crippen LogP contribution in [0.1, 0.15) is 48.0 Å². The van der Waals surface area contributed by atoms with E-state index >= 15 is 0 Å². The van der Waals surface area contributed by atoms with Gasteiger partial charge in [-0.1, -0.05) is 12.2 Å². The van der Waals surface area contributed by atoms with Crippen molar-refractivity contribution in [2.24, 2.45) is 0 Å². The molecule has 0 rings (SSSR count). The second kappa shape index (κ2) is 9.05. The summed E-state index contributed by atoms with van der Waals surface area (Å²) in [7, 11) is 1.73. The van der Waals surface area contributed by atoms with Gasteiger partial charge in [-0.3, -0.25) is 0 Å². The zero-order valence-electron chi connectivity index (χ0n) is 14.6. The molecule has 5 heteroatoms. The monoisotopic (exact) mass is 300 g/mol. The number of ether oxygens (including phenoxy) is 2. The van der Waals surface area contributed by atoms with Gasteiger partial charge in [-0.2, -0.15) is 0 Å². The van der Waals surface area contributed by atoms with Crippen LogP contribution in [0.3, 0.4) is 0 Å². The van der Waals surface area contributed by atoms with Crippen LogP contribution in [0.2, 0.25) is 0 Å². The van der Waals surface area contributed by atoms with Gasteiger partial charge in [-0.15, -0.1) is 0 Å². The Morgan fingerprint density at radius 3 is 2.24 bits per heavy atom. The average Bonchev–Trinajstić information content (AvgIpc) is 2.30. The summed E-state index contributed by atoms with van der Waals surface area (Å²) >= 11 is 0. The lowest BCUT2D eigenvalue weighted by atomic mass is 10.00. The Morgan fingerprint density at radius 1 is 1.14 bits per heavy atom. The number of nitrogens with one attached hydrogen (secondary N) is 2. The lowest BCUT2D eigenvalue weighted by Crippen LogP contribution is -2.35. The molecule has 0 aromatic rings. The number of carbonyl (C=O) groups excluding carboxylic acids is 1. The van der Waals surface area contributed by atoms with Gasteiger partial charge in [-0.05, 0) is 48.0 Å². The Hall–Kier alpha value is -1.07. The van der Waals surface area contributed by atoms with Gasteiger partial charge in [0.25, 0.3) is 0 Å². The summed E-state index contributed by atoms with van der Waals surface area (Å²) in [5.74, 6) is 0. The number of carbonyl (C=O) groups is 1. The minimum atomic E-state index is -0.459. The first-order valence-electron chi connectivity index (χ1n) is 7.46. The molecule has 1 amide bonds. The molecule has 0 saturated carbocycles. The van der Waals surface area contributed by atoms with E-state index in [1.54, 1.807) is 7.11 Å². The fourth-order valence-corrected chi connectivity index (χ4v) is 1.79. The van der Waals surface area contributed by atoms with Gasteiger partial charge in [0.05, 0.1) is 5.60 Å². The van der Waals surface area contributed by atoms with Crippen LogP contribution in [0.15, 0.2) is 12.2 Å². The average molecular weight is 300 g/mol. The molecule has 0 aliphatic carbocycles. The fourth-order valence-electron chi connectivity index (χ4n) is 1.79. The molecular formula is C16H32N2O3. The number of amides is 1. The Bertz CT molecular complexity index is 333. The van der Waals surface area contributed by atoms with Crippen LogP contribution in [0.5, 0.6) is 0 Å². The van der Waals surface area contributed by atoms with Crippen molar-refractivity contribution in [2.45, 2.75) is 65.2 Å². The van der Waals surface area contributed by atoms with Gasteiger partial charge in [-0.25, -0.2) is 4.79 Å². The number of methoxy groups -OCH3 is 1. The quantitative estimate of drug-likeness (QED) is 0.677. The molecule has 0 aliphatic rings. The SMILES string of the molecule is COC(C)(C)CC(C)NC/C=C/CNC(=O)OC(C)(C)C. The summed E-state index contributed by atoms with van der Waals surface area (Å²) in [6.45, 7) is 13.0. The van der Waals surface area contributed by atoms with Gasteiger partial charge in [0.1, 0.15) is 5.60 Å². The van der Waals surface area contributed by atoms with E-state index in [9.17, 15) is 4.79 Å². The van der Waals surface area contributed by atoms with Crippen molar-refractivity contribution in [3.05, 3.63) is 12.2 Å². The highest BCUT2D eigenvalue weighted by Gasteiger charge is 2.19. The van der Waals surface area contributed by atoms with E-state index in [0.717, 1.165) is 13.0 Å². The van der Waals surface area contributed by atoms with Gasteiger partial charge in [0.15, 0.2) is 0 Å². The summed E-state index contributed by atoms with van der Waals surface area (Å²) < 4.78 is 10.5. The molecular weight excluding hydrogens is 268 g/mol. The van der Waals surface area contributed by atoms with Crippen LogP contribution < -0.4 is 10.6 Å². The smallest absolute Gasteiger partial charge is 0.407 e. The number of rotatable bonds is 8. The van der Waals surface area contributed by atoms with Crippen molar-refractivity contribution in [3.63, 3.8) is 0 Å². The third kappa shape index (κ3) is 12.4.